The third kappa shape index (κ3) is 3.47. The highest BCUT2D eigenvalue weighted by atomic mass is 16.5. The van der Waals surface area contributed by atoms with Gasteiger partial charge in [-0.3, -0.25) is 0 Å². The summed E-state index contributed by atoms with van der Waals surface area (Å²) in [4.78, 5) is 4.36. The monoisotopic (exact) mass is 262 g/mol. The van der Waals surface area contributed by atoms with Gasteiger partial charge in [-0.1, -0.05) is 33.3 Å². The molecule has 3 nitrogen and oxygen atoms in total. The fourth-order valence-electron chi connectivity index (χ4n) is 3.08. The number of rotatable bonds is 4. The van der Waals surface area contributed by atoms with Crippen LogP contribution in [-0.4, -0.2) is 11.1 Å². The van der Waals surface area contributed by atoms with Crippen molar-refractivity contribution in [3.05, 3.63) is 23.9 Å². The summed E-state index contributed by atoms with van der Waals surface area (Å²) in [5, 5.41) is 0. The second-order valence-electron chi connectivity index (χ2n) is 6.15. The predicted molar refractivity (Wildman–Crippen MR) is 77.9 cm³/mol. The molecule has 1 aromatic rings. The molecule has 0 amide bonds. The van der Waals surface area contributed by atoms with Crippen LogP contribution in [0.1, 0.15) is 45.6 Å². The molecule has 3 heteroatoms. The summed E-state index contributed by atoms with van der Waals surface area (Å²) < 4.78 is 6.23. The van der Waals surface area contributed by atoms with E-state index in [9.17, 15) is 0 Å². The summed E-state index contributed by atoms with van der Waals surface area (Å²) in [6.07, 6.45) is 5.77. The molecule has 0 spiro atoms. The molecule has 0 radical (unpaired) electrons. The minimum Gasteiger partial charge on any atom is -0.474 e. The molecule has 1 aliphatic rings. The number of aromatic nitrogens is 1. The maximum Gasteiger partial charge on any atom is 0.218 e. The summed E-state index contributed by atoms with van der Waals surface area (Å²) in [6.45, 7) is 7.38. The first kappa shape index (κ1) is 14.3. The van der Waals surface area contributed by atoms with E-state index in [1.54, 1.807) is 6.20 Å². The van der Waals surface area contributed by atoms with Crippen molar-refractivity contribution in [2.24, 2.45) is 23.5 Å². The molecule has 1 fully saturated rings. The summed E-state index contributed by atoms with van der Waals surface area (Å²) >= 11 is 0. The topological polar surface area (TPSA) is 48.1 Å². The fraction of sp³-hybridized carbons (Fsp3) is 0.688. The van der Waals surface area contributed by atoms with E-state index < -0.39 is 0 Å². The highest BCUT2D eigenvalue weighted by Gasteiger charge is 2.32. The quantitative estimate of drug-likeness (QED) is 0.905. The van der Waals surface area contributed by atoms with Crippen LogP contribution in [0.15, 0.2) is 18.3 Å². The summed E-state index contributed by atoms with van der Waals surface area (Å²) in [7, 11) is 0. The Morgan fingerprint density at radius 2 is 2.21 bits per heavy atom. The van der Waals surface area contributed by atoms with E-state index in [1.807, 2.05) is 12.1 Å². The standard InChI is InChI=1S/C16H26N2O/c1-11(2)14-7-6-12(3)9-15(14)19-16-13(10-17)5-4-8-18-16/h4-5,8,11-12,14-15H,6-7,9-10,17H2,1-3H3. The molecule has 3 unspecified atom stereocenters. The highest BCUT2D eigenvalue weighted by Crippen LogP contribution is 2.36. The number of nitrogens with zero attached hydrogens (tertiary/aromatic N) is 1. The first-order valence-corrected chi connectivity index (χ1v) is 7.42. The second-order valence-corrected chi connectivity index (χ2v) is 6.15. The average molecular weight is 262 g/mol. The van der Waals surface area contributed by atoms with Gasteiger partial charge in [0.2, 0.25) is 5.88 Å². The van der Waals surface area contributed by atoms with Gasteiger partial charge < -0.3 is 10.5 Å². The van der Waals surface area contributed by atoms with Gasteiger partial charge in [-0.05, 0) is 36.7 Å². The lowest BCUT2D eigenvalue weighted by molar-refractivity contribution is 0.0419. The van der Waals surface area contributed by atoms with E-state index in [-0.39, 0.29) is 6.10 Å². The van der Waals surface area contributed by atoms with Crippen molar-refractivity contribution in [1.29, 1.82) is 0 Å². The Morgan fingerprint density at radius 1 is 1.42 bits per heavy atom. The number of nitrogens with two attached hydrogens (primary N) is 1. The lowest BCUT2D eigenvalue weighted by Crippen LogP contribution is -2.36. The van der Waals surface area contributed by atoms with Crippen LogP contribution in [0.5, 0.6) is 5.88 Å². The van der Waals surface area contributed by atoms with Crippen molar-refractivity contribution in [1.82, 2.24) is 4.98 Å². The van der Waals surface area contributed by atoms with Crippen molar-refractivity contribution in [3.63, 3.8) is 0 Å². The van der Waals surface area contributed by atoms with E-state index in [2.05, 4.69) is 25.8 Å². The normalized spacial score (nSPS) is 27.5. The van der Waals surface area contributed by atoms with Gasteiger partial charge in [0.05, 0.1) is 0 Å². The van der Waals surface area contributed by atoms with Crippen LogP contribution in [0.25, 0.3) is 0 Å². The molecular weight excluding hydrogens is 236 g/mol. The van der Waals surface area contributed by atoms with Crippen LogP contribution in [0.4, 0.5) is 0 Å². The van der Waals surface area contributed by atoms with Crippen molar-refractivity contribution >= 4 is 0 Å². The van der Waals surface area contributed by atoms with E-state index in [0.29, 0.717) is 18.4 Å². The highest BCUT2D eigenvalue weighted by molar-refractivity contribution is 5.25. The molecule has 2 N–H and O–H groups in total. The fourth-order valence-corrected chi connectivity index (χ4v) is 3.08. The Bertz CT molecular complexity index is 405. The van der Waals surface area contributed by atoms with Crippen LogP contribution in [-0.2, 0) is 6.54 Å². The molecule has 1 aliphatic carbocycles. The second kappa shape index (κ2) is 6.38. The maximum atomic E-state index is 6.23. The van der Waals surface area contributed by atoms with Crippen LogP contribution in [0.3, 0.4) is 0 Å². The smallest absolute Gasteiger partial charge is 0.218 e. The molecule has 0 aliphatic heterocycles. The zero-order valence-electron chi connectivity index (χ0n) is 12.3. The average Bonchev–Trinajstić information content (AvgIpc) is 2.39. The summed E-state index contributed by atoms with van der Waals surface area (Å²) in [6, 6.07) is 3.91. The van der Waals surface area contributed by atoms with Gasteiger partial charge >= 0.3 is 0 Å². The Kier molecular flexibility index (Phi) is 4.81. The summed E-state index contributed by atoms with van der Waals surface area (Å²) in [5.74, 6) is 2.76. The molecule has 3 atom stereocenters. The Hall–Kier alpha value is -1.09. The van der Waals surface area contributed by atoms with Gasteiger partial charge in [0, 0.05) is 18.3 Å². The largest absolute Gasteiger partial charge is 0.474 e. The van der Waals surface area contributed by atoms with Crippen molar-refractivity contribution in [3.8, 4) is 5.88 Å². The molecule has 0 saturated heterocycles. The number of hydrogen-bond acceptors (Lipinski definition) is 3. The molecule has 0 aromatic carbocycles. The molecular formula is C16H26N2O. The van der Waals surface area contributed by atoms with E-state index >= 15 is 0 Å². The van der Waals surface area contributed by atoms with Crippen LogP contribution in [0.2, 0.25) is 0 Å². The first-order valence-electron chi connectivity index (χ1n) is 7.42. The number of hydrogen-bond donors (Lipinski definition) is 1. The Morgan fingerprint density at radius 3 is 2.89 bits per heavy atom. The predicted octanol–water partition coefficient (Wildman–Crippen LogP) is 3.38. The molecule has 2 rings (SSSR count). The minimum atomic E-state index is 0.281. The zero-order valence-corrected chi connectivity index (χ0v) is 12.3. The molecule has 1 saturated carbocycles. The maximum absolute atomic E-state index is 6.23. The van der Waals surface area contributed by atoms with Crippen LogP contribution >= 0.6 is 0 Å². The molecule has 1 aromatic heterocycles. The van der Waals surface area contributed by atoms with Gasteiger partial charge in [-0.2, -0.15) is 0 Å². The Balaban J connectivity index is 2.14. The van der Waals surface area contributed by atoms with Gasteiger partial charge in [0.15, 0.2) is 0 Å². The first-order chi connectivity index (χ1) is 9.11. The van der Waals surface area contributed by atoms with E-state index in [4.69, 9.17) is 10.5 Å². The summed E-state index contributed by atoms with van der Waals surface area (Å²) in [5.41, 5.74) is 6.76. The van der Waals surface area contributed by atoms with Crippen molar-refractivity contribution in [2.75, 3.05) is 0 Å². The van der Waals surface area contributed by atoms with Crippen molar-refractivity contribution in [2.45, 2.75) is 52.7 Å². The zero-order chi connectivity index (χ0) is 13.8. The van der Waals surface area contributed by atoms with Gasteiger partial charge in [-0.25, -0.2) is 4.98 Å². The van der Waals surface area contributed by atoms with Gasteiger partial charge in [0.25, 0.3) is 0 Å². The van der Waals surface area contributed by atoms with Crippen LogP contribution in [0, 0.1) is 17.8 Å². The lowest BCUT2D eigenvalue weighted by atomic mass is 9.75. The third-order valence-electron chi connectivity index (χ3n) is 4.29. The third-order valence-corrected chi connectivity index (χ3v) is 4.29. The lowest BCUT2D eigenvalue weighted by Gasteiger charge is -2.37. The molecule has 19 heavy (non-hydrogen) atoms. The van der Waals surface area contributed by atoms with E-state index in [0.717, 1.165) is 23.8 Å². The van der Waals surface area contributed by atoms with Crippen molar-refractivity contribution < 1.29 is 4.74 Å². The minimum absolute atomic E-state index is 0.281. The SMILES string of the molecule is CC1CCC(C(C)C)C(Oc2ncccc2CN)C1. The van der Waals surface area contributed by atoms with Gasteiger partial charge in [0.1, 0.15) is 6.10 Å². The number of ether oxygens (including phenoxy) is 1. The molecule has 1 heterocycles. The van der Waals surface area contributed by atoms with Gasteiger partial charge in [-0.15, -0.1) is 0 Å². The molecule has 0 bridgehead atoms. The Labute approximate surface area is 116 Å². The number of pyridine rings is 1. The van der Waals surface area contributed by atoms with E-state index in [1.165, 1.54) is 12.8 Å². The van der Waals surface area contributed by atoms with Crippen LogP contribution < -0.4 is 10.5 Å². The molecule has 106 valence electrons.